The Balaban J connectivity index is 1.97. The SMILES string of the molecule is COc1ccc(-n2nc(C=O)cc2Cc2ccc(O)cc2)cc1. The predicted molar refractivity (Wildman–Crippen MR) is 86.4 cm³/mol. The highest BCUT2D eigenvalue weighted by Crippen LogP contribution is 2.20. The summed E-state index contributed by atoms with van der Waals surface area (Å²) in [5, 5.41) is 13.7. The summed E-state index contributed by atoms with van der Waals surface area (Å²) in [4.78, 5) is 11.1. The van der Waals surface area contributed by atoms with E-state index in [2.05, 4.69) is 5.10 Å². The number of benzene rings is 2. The van der Waals surface area contributed by atoms with Crippen molar-refractivity contribution in [2.24, 2.45) is 0 Å². The molecule has 0 unspecified atom stereocenters. The van der Waals surface area contributed by atoms with E-state index in [0.717, 1.165) is 29.0 Å². The van der Waals surface area contributed by atoms with Gasteiger partial charge in [0.25, 0.3) is 0 Å². The van der Waals surface area contributed by atoms with Crippen LogP contribution in [0.4, 0.5) is 0 Å². The highest BCUT2D eigenvalue weighted by molar-refractivity contribution is 5.72. The van der Waals surface area contributed by atoms with Crippen molar-refractivity contribution in [2.75, 3.05) is 7.11 Å². The van der Waals surface area contributed by atoms with E-state index in [4.69, 9.17) is 4.74 Å². The summed E-state index contributed by atoms with van der Waals surface area (Å²) in [6.45, 7) is 0. The molecule has 0 amide bonds. The van der Waals surface area contributed by atoms with Crippen LogP contribution < -0.4 is 4.74 Å². The first kappa shape index (κ1) is 14.8. The van der Waals surface area contributed by atoms with Gasteiger partial charge in [-0.1, -0.05) is 12.1 Å². The normalized spacial score (nSPS) is 10.5. The number of phenols is 1. The van der Waals surface area contributed by atoms with Gasteiger partial charge in [-0.3, -0.25) is 4.79 Å². The number of hydrogen-bond acceptors (Lipinski definition) is 4. The van der Waals surface area contributed by atoms with Crippen LogP contribution in [-0.4, -0.2) is 28.3 Å². The van der Waals surface area contributed by atoms with Crippen LogP contribution in [-0.2, 0) is 6.42 Å². The number of aromatic hydroxyl groups is 1. The summed E-state index contributed by atoms with van der Waals surface area (Å²) < 4.78 is 6.91. The lowest BCUT2D eigenvalue weighted by Gasteiger charge is -2.08. The fourth-order valence-corrected chi connectivity index (χ4v) is 2.39. The van der Waals surface area contributed by atoms with Crippen LogP contribution in [0.3, 0.4) is 0 Å². The summed E-state index contributed by atoms with van der Waals surface area (Å²) in [7, 11) is 1.61. The largest absolute Gasteiger partial charge is 0.508 e. The van der Waals surface area contributed by atoms with Crippen molar-refractivity contribution in [1.82, 2.24) is 9.78 Å². The molecule has 0 fully saturated rings. The quantitative estimate of drug-likeness (QED) is 0.736. The number of aldehydes is 1. The molecule has 23 heavy (non-hydrogen) atoms. The first-order valence-electron chi connectivity index (χ1n) is 7.16. The molecule has 3 rings (SSSR count). The number of methoxy groups -OCH3 is 1. The molecule has 1 aromatic heterocycles. The Morgan fingerprint density at radius 2 is 1.83 bits per heavy atom. The Hall–Kier alpha value is -3.08. The van der Waals surface area contributed by atoms with Crippen LogP contribution in [0.15, 0.2) is 54.6 Å². The summed E-state index contributed by atoms with van der Waals surface area (Å²) >= 11 is 0. The lowest BCUT2D eigenvalue weighted by Crippen LogP contribution is -2.03. The molecule has 0 aliphatic heterocycles. The smallest absolute Gasteiger partial charge is 0.170 e. The van der Waals surface area contributed by atoms with E-state index in [1.54, 1.807) is 30.0 Å². The number of carbonyl (C=O) groups excluding carboxylic acids is 1. The van der Waals surface area contributed by atoms with Crippen molar-refractivity contribution in [3.8, 4) is 17.2 Å². The Morgan fingerprint density at radius 3 is 2.43 bits per heavy atom. The Labute approximate surface area is 133 Å². The second-order valence-electron chi connectivity index (χ2n) is 5.13. The van der Waals surface area contributed by atoms with Crippen LogP contribution in [0.2, 0.25) is 0 Å². The monoisotopic (exact) mass is 308 g/mol. The topological polar surface area (TPSA) is 64.4 Å². The lowest BCUT2D eigenvalue weighted by molar-refractivity contribution is 0.111. The molecule has 1 heterocycles. The van der Waals surface area contributed by atoms with Crippen LogP contribution >= 0.6 is 0 Å². The van der Waals surface area contributed by atoms with Crippen molar-refractivity contribution in [2.45, 2.75) is 6.42 Å². The van der Waals surface area contributed by atoms with Gasteiger partial charge < -0.3 is 9.84 Å². The Kier molecular flexibility index (Phi) is 4.10. The van der Waals surface area contributed by atoms with Crippen LogP contribution in [0.1, 0.15) is 21.7 Å². The molecular weight excluding hydrogens is 292 g/mol. The third-order valence-corrected chi connectivity index (χ3v) is 3.56. The van der Waals surface area contributed by atoms with E-state index in [9.17, 15) is 9.90 Å². The fraction of sp³-hybridized carbons (Fsp3) is 0.111. The van der Waals surface area contributed by atoms with Gasteiger partial charge in [0.15, 0.2) is 6.29 Å². The molecule has 1 N–H and O–H groups in total. The first-order chi connectivity index (χ1) is 11.2. The number of carbonyl (C=O) groups is 1. The maximum absolute atomic E-state index is 11.1. The second-order valence-corrected chi connectivity index (χ2v) is 5.13. The number of nitrogens with zero attached hydrogens (tertiary/aromatic N) is 2. The zero-order valence-electron chi connectivity index (χ0n) is 12.6. The van der Waals surface area contributed by atoms with Crippen molar-refractivity contribution in [1.29, 1.82) is 0 Å². The molecule has 0 saturated heterocycles. The van der Waals surface area contributed by atoms with Gasteiger partial charge in [0.1, 0.15) is 17.2 Å². The minimum Gasteiger partial charge on any atom is -0.508 e. The predicted octanol–water partition coefficient (Wildman–Crippen LogP) is 2.99. The third-order valence-electron chi connectivity index (χ3n) is 3.56. The van der Waals surface area contributed by atoms with E-state index < -0.39 is 0 Å². The number of ether oxygens (including phenoxy) is 1. The van der Waals surface area contributed by atoms with E-state index in [-0.39, 0.29) is 5.75 Å². The molecule has 0 aliphatic carbocycles. The zero-order valence-corrected chi connectivity index (χ0v) is 12.6. The first-order valence-corrected chi connectivity index (χ1v) is 7.16. The average molecular weight is 308 g/mol. The fourth-order valence-electron chi connectivity index (χ4n) is 2.39. The third kappa shape index (κ3) is 3.23. The Bertz CT molecular complexity index is 805. The minimum atomic E-state index is 0.228. The molecule has 5 nitrogen and oxygen atoms in total. The van der Waals surface area contributed by atoms with Crippen LogP contribution in [0.25, 0.3) is 5.69 Å². The number of aromatic nitrogens is 2. The van der Waals surface area contributed by atoms with Gasteiger partial charge in [-0.2, -0.15) is 5.10 Å². The summed E-state index contributed by atoms with van der Waals surface area (Å²) in [5.74, 6) is 0.989. The molecular formula is C18H16N2O3. The van der Waals surface area contributed by atoms with Gasteiger partial charge in [-0.15, -0.1) is 0 Å². The van der Waals surface area contributed by atoms with E-state index in [1.807, 2.05) is 36.4 Å². The number of hydrogen-bond donors (Lipinski definition) is 1. The molecule has 116 valence electrons. The van der Waals surface area contributed by atoms with E-state index in [1.165, 1.54) is 0 Å². The van der Waals surface area contributed by atoms with E-state index in [0.29, 0.717) is 12.1 Å². The molecule has 0 spiro atoms. The molecule has 0 atom stereocenters. The number of phenolic OH excluding ortho intramolecular Hbond substituents is 1. The molecule has 3 aromatic rings. The highest BCUT2D eigenvalue weighted by atomic mass is 16.5. The van der Waals surface area contributed by atoms with Gasteiger partial charge in [-0.25, -0.2) is 4.68 Å². The molecule has 0 saturated carbocycles. The van der Waals surface area contributed by atoms with Gasteiger partial charge in [0.2, 0.25) is 0 Å². The van der Waals surface area contributed by atoms with Crippen LogP contribution in [0, 0.1) is 0 Å². The molecule has 0 bridgehead atoms. The molecule has 2 aromatic carbocycles. The van der Waals surface area contributed by atoms with Crippen molar-refractivity contribution >= 4 is 6.29 Å². The molecule has 0 aliphatic rings. The zero-order chi connectivity index (χ0) is 16.2. The highest BCUT2D eigenvalue weighted by Gasteiger charge is 2.10. The summed E-state index contributed by atoms with van der Waals surface area (Å²) in [6, 6.07) is 16.2. The molecule has 5 heteroatoms. The maximum Gasteiger partial charge on any atom is 0.170 e. The van der Waals surface area contributed by atoms with Gasteiger partial charge >= 0.3 is 0 Å². The average Bonchev–Trinajstić information content (AvgIpc) is 3.00. The summed E-state index contributed by atoms with van der Waals surface area (Å²) in [5.41, 5.74) is 3.15. The van der Waals surface area contributed by atoms with Crippen molar-refractivity contribution in [3.05, 3.63) is 71.5 Å². The second kappa shape index (κ2) is 6.36. The van der Waals surface area contributed by atoms with Crippen molar-refractivity contribution < 1.29 is 14.6 Å². The van der Waals surface area contributed by atoms with Crippen LogP contribution in [0.5, 0.6) is 11.5 Å². The Morgan fingerprint density at radius 1 is 1.13 bits per heavy atom. The standard InChI is InChI=1S/C18H16N2O3/c1-23-18-8-4-15(5-9-18)20-16(11-14(12-21)19-20)10-13-2-6-17(22)7-3-13/h2-9,11-12,22H,10H2,1H3. The number of rotatable bonds is 5. The van der Waals surface area contributed by atoms with Gasteiger partial charge in [0, 0.05) is 12.1 Å². The summed E-state index contributed by atoms with van der Waals surface area (Å²) in [6.07, 6.45) is 1.34. The van der Waals surface area contributed by atoms with Crippen molar-refractivity contribution in [3.63, 3.8) is 0 Å². The maximum atomic E-state index is 11.1. The van der Waals surface area contributed by atoms with Gasteiger partial charge in [-0.05, 0) is 48.0 Å². The van der Waals surface area contributed by atoms with E-state index >= 15 is 0 Å². The molecule has 0 radical (unpaired) electrons. The lowest BCUT2D eigenvalue weighted by atomic mass is 10.1. The minimum absolute atomic E-state index is 0.228. The van der Waals surface area contributed by atoms with Gasteiger partial charge in [0.05, 0.1) is 12.8 Å².